The number of aliphatic hydroxyl groups excluding tert-OH is 1. The summed E-state index contributed by atoms with van der Waals surface area (Å²) in [6.07, 6.45) is 1.33. The number of alkyl halides is 4. The molecule has 4 saturated carbocycles. The summed E-state index contributed by atoms with van der Waals surface area (Å²) in [5.74, 6) is -7.36. The number of rotatable bonds is 6. The van der Waals surface area contributed by atoms with Gasteiger partial charge in [0.15, 0.2) is 5.96 Å². The van der Waals surface area contributed by atoms with Gasteiger partial charge in [0.05, 0.1) is 43.4 Å². The summed E-state index contributed by atoms with van der Waals surface area (Å²) in [4.78, 5) is 50.6. The Hall–Kier alpha value is -5.15. The van der Waals surface area contributed by atoms with Crippen LogP contribution in [0.5, 0.6) is 11.5 Å². The molecule has 8 aliphatic rings. The van der Waals surface area contributed by atoms with E-state index in [1.807, 2.05) is 0 Å². The lowest BCUT2D eigenvalue weighted by molar-refractivity contribution is -0.147. The van der Waals surface area contributed by atoms with Crippen LogP contribution in [-0.2, 0) is 34.9 Å². The highest BCUT2D eigenvalue weighted by atomic mass is 19.3. The fraction of sp³-hybridized carbons (Fsp3) is 0.638. The van der Waals surface area contributed by atoms with Crippen LogP contribution in [0.1, 0.15) is 97.5 Å². The number of fused-ring (bicyclic) bond motifs is 2. The quantitative estimate of drug-likeness (QED) is 0.226. The maximum absolute atomic E-state index is 15.0. The monoisotopic (exact) mass is 966 g/mol. The van der Waals surface area contributed by atoms with Crippen molar-refractivity contribution in [3.8, 4) is 11.5 Å². The highest BCUT2D eigenvalue weighted by Gasteiger charge is 2.58. The second-order valence-corrected chi connectivity index (χ2v) is 20.4. The van der Waals surface area contributed by atoms with Crippen LogP contribution in [-0.4, -0.2) is 119 Å². The molecule has 5 N–H and O–H groups in total. The van der Waals surface area contributed by atoms with Crippen LogP contribution in [0.15, 0.2) is 46.4 Å². The first kappa shape index (κ1) is 49.3. The van der Waals surface area contributed by atoms with Gasteiger partial charge in [0.25, 0.3) is 11.8 Å². The minimum atomic E-state index is -2.72. The van der Waals surface area contributed by atoms with Crippen LogP contribution in [0.25, 0.3) is 0 Å². The molecule has 21 heteroatoms. The number of nitrogens with one attached hydrogen (secondary N) is 1. The van der Waals surface area contributed by atoms with Crippen molar-refractivity contribution in [1.29, 1.82) is 0 Å². The molecule has 2 saturated heterocycles. The van der Waals surface area contributed by atoms with E-state index >= 15 is 4.39 Å². The Morgan fingerprint density at radius 2 is 1.31 bits per heavy atom. The van der Waals surface area contributed by atoms with Gasteiger partial charge in [-0.3, -0.25) is 24.7 Å². The number of nitrogens with two attached hydrogens (primary N) is 1. The molecule has 4 aliphatic carbocycles. The second-order valence-electron chi connectivity index (χ2n) is 20.4. The molecule has 10 rings (SSSR count). The van der Waals surface area contributed by atoms with Crippen molar-refractivity contribution >= 4 is 29.8 Å². The topological polar surface area (TPSA) is 198 Å². The van der Waals surface area contributed by atoms with Crippen molar-refractivity contribution in [3.05, 3.63) is 59.2 Å². The van der Waals surface area contributed by atoms with Crippen LogP contribution in [0, 0.1) is 35.3 Å². The summed E-state index contributed by atoms with van der Waals surface area (Å²) in [5, 5.41) is 20.8. The average Bonchev–Trinajstić information content (AvgIpc) is 4.17. The maximum atomic E-state index is 15.0. The van der Waals surface area contributed by atoms with Gasteiger partial charge >= 0.3 is 6.09 Å². The standard InChI is InChI=1S/C22H28FN3O5.C21H24F3N3O3.C4H6F2O.H2/c1-21(2,3)31-20(29)24-19-25-22(14-9-13(27)7-8-16(14)23)11-30-17(12-5-6-12)10-15(22)18(28)26(19)4;1-27-18(28)15-7-17(11-2-3-11)29-10-21(15,26-19(27)25)14-6-12(4-5-16(14)22)30-13-8-20(23,24)9-13;5-4(6)1-3(7)2-4;/h7-9,12,15,17,27H,5-6,10-11H2,1-4H3,(H,24,25,29);4-6,11,13,15,17H,2-3,7-10H2,1H3,(H2,25,26);3,7H,1-2H2;1H/t15-,17+,22+;15-,17+,21+;;/m00../s1. The summed E-state index contributed by atoms with van der Waals surface area (Å²) in [5.41, 5.74) is 2.77. The Morgan fingerprint density at radius 1 is 0.809 bits per heavy atom. The number of ether oxygens (including phenoxy) is 4. The Kier molecular flexibility index (Phi) is 13.0. The van der Waals surface area contributed by atoms with Crippen LogP contribution < -0.4 is 15.8 Å². The number of alkyl carbamates (subject to hydrolysis) is 1. The van der Waals surface area contributed by atoms with Gasteiger partial charge in [0.1, 0.15) is 45.9 Å². The third kappa shape index (κ3) is 10.2. The number of amides is 3. The molecule has 15 nitrogen and oxygen atoms in total. The SMILES string of the molecule is CN1C(=O)[C@@H]2C[C@H](C3CC3)OC[C@]2(c2cc(O)ccc2F)N=C1NC(=O)OC(C)(C)C.CN1C(=O)[C@@H]2C[C@H](C3CC3)OC[C@]2(c2cc(OC3CC(F)(F)C3)ccc2F)N=C1N.OC1CC(F)(F)C1.[HH]. The molecule has 4 aliphatic heterocycles. The van der Waals surface area contributed by atoms with Gasteiger partial charge in [0.2, 0.25) is 17.8 Å². The number of hydrogen-bond donors (Lipinski definition) is 4. The van der Waals surface area contributed by atoms with E-state index < -0.39 is 70.3 Å². The van der Waals surface area contributed by atoms with Crippen molar-refractivity contribution in [3.63, 3.8) is 0 Å². The molecule has 6 atom stereocenters. The summed E-state index contributed by atoms with van der Waals surface area (Å²) >= 11 is 0. The number of carbonyl (C=O) groups excluding carboxylic acids is 3. The van der Waals surface area contributed by atoms with Gasteiger partial charge in [0, 0.05) is 52.3 Å². The molecule has 3 amide bonds. The first-order valence-corrected chi connectivity index (χ1v) is 22.9. The maximum Gasteiger partial charge on any atom is 0.414 e. The van der Waals surface area contributed by atoms with E-state index in [4.69, 9.17) is 29.8 Å². The highest BCUT2D eigenvalue weighted by Crippen LogP contribution is 2.52. The first-order valence-electron chi connectivity index (χ1n) is 22.9. The van der Waals surface area contributed by atoms with Gasteiger partial charge in [-0.25, -0.2) is 41.1 Å². The number of guanidine groups is 2. The first-order chi connectivity index (χ1) is 31.8. The van der Waals surface area contributed by atoms with Gasteiger partial charge in [-0.1, -0.05) is 0 Å². The number of phenols is 1. The zero-order chi connectivity index (χ0) is 49.3. The van der Waals surface area contributed by atoms with Crippen LogP contribution >= 0.6 is 0 Å². The van der Waals surface area contributed by atoms with Gasteiger partial charge in [-0.05, 0) is 108 Å². The number of aliphatic hydroxyl groups is 1. The fourth-order valence-corrected chi connectivity index (χ4v) is 9.74. The molecule has 0 aromatic heterocycles. The molecule has 374 valence electrons. The van der Waals surface area contributed by atoms with E-state index in [1.165, 1.54) is 47.2 Å². The predicted molar refractivity (Wildman–Crippen MR) is 234 cm³/mol. The molecule has 6 fully saturated rings. The average molecular weight is 967 g/mol. The van der Waals surface area contributed by atoms with Crippen molar-refractivity contribution in [1.82, 2.24) is 15.1 Å². The molecule has 68 heavy (non-hydrogen) atoms. The van der Waals surface area contributed by atoms with E-state index in [0.29, 0.717) is 24.7 Å². The van der Waals surface area contributed by atoms with Gasteiger partial charge in [-0.2, -0.15) is 0 Å². The Bertz CT molecular complexity index is 2350. The van der Waals surface area contributed by atoms with Crippen LogP contribution in [0.3, 0.4) is 0 Å². The lowest BCUT2D eigenvalue weighted by Gasteiger charge is -2.48. The zero-order valence-corrected chi connectivity index (χ0v) is 38.5. The molecule has 2 aromatic carbocycles. The zero-order valence-electron chi connectivity index (χ0n) is 38.5. The van der Waals surface area contributed by atoms with Crippen molar-refractivity contribution < 1.29 is 71.3 Å². The number of aromatic hydroxyl groups is 1. The minimum Gasteiger partial charge on any atom is -0.508 e. The van der Waals surface area contributed by atoms with Crippen molar-refractivity contribution in [2.75, 3.05) is 27.3 Å². The third-order valence-electron chi connectivity index (χ3n) is 13.8. The number of halogens is 6. The van der Waals surface area contributed by atoms with Gasteiger partial charge < -0.3 is 34.9 Å². The number of nitrogens with zero attached hydrogens (tertiary/aromatic N) is 4. The Morgan fingerprint density at radius 3 is 1.79 bits per heavy atom. The largest absolute Gasteiger partial charge is 0.508 e. The number of phenolic OH excluding ortho intramolecular Hbond substituents is 1. The van der Waals surface area contributed by atoms with E-state index in [0.717, 1.165) is 31.7 Å². The Labute approximate surface area is 390 Å². The molecule has 4 heterocycles. The number of aliphatic imine (C=N–C) groups is 2. The molecular formula is C47H60F6N6O9. The summed E-state index contributed by atoms with van der Waals surface area (Å²) in [6, 6.07) is 7.73. The molecular weight excluding hydrogens is 907 g/mol. The van der Waals surface area contributed by atoms with Crippen LogP contribution in [0.2, 0.25) is 0 Å². The molecule has 0 bridgehead atoms. The number of hydrogen-bond acceptors (Lipinski definition) is 12. The highest BCUT2D eigenvalue weighted by molar-refractivity contribution is 6.06. The van der Waals surface area contributed by atoms with Crippen LogP contribution in [0.4, 0.5) is 31.1 Å². The number of carbonyl (C=O) groups is 3. The fourth-order valence-electron chi connectivity index (χ4n) is 9.74. The minimum absolute atomic E-state index is 0. The molecule has 0 radical (unpaired) electrons. The van der Waals surface area contributed by atoms with E-state index in [2.05, 4.69) is 15.3 Å². The van der Waals surface area contributed by atoms with Crippen molar-refractivity contribution in [2.45, 2.75) is 138 Å². The molecule has 0 unspecified atom stereocenters. The third-order valence-corrected chi connectivity index (χ3v) is 13.8. The predicted octanol–water partition coefficient (Wildman–Crippen LogP) is 6.72. The number of benzene rings is 2. The normalized spacial score (nSPS) is 30.9. The van der Waals surface area contributed by atoms with E-state index in [9.17, 15) is 41.4 Å². The van der Waals surface area contributed by atoms with Gasteiger partial charge in [-0.15, -0.1) is 0 Å². The smallest absolute Gasteiger partial charge is 0.414 e. The molecule has 0 spiro atoms. The van der Waals surface area contributed by atoms with E-state index in [1.54, 1.807) is 27.8 Å². The summed E-state index contributed by atoms with van der Waals surface area (Å²) < 4.78 is 103. The summed E-state index contributed by atoms with van der Waals surface area (Å²) in [7, 11) is 3.07. The van der Waals surface area contributed by atoms with Crippen molar-refractivity contribution in [2.24, 2.45) is 39.4 Å². The molecule has 2 aromatic rings. The Balaban J connectivity index is 0.000000176. The lowest BCUT2D eigenvalue weighted by Crippen LogP contribution is -2.61. The second kappa shape index (κ2) is 18.0. The lowest BCUT2D eigenvalue weighted by atomic mass is 9.72. The van der Waals surface area contributed by atoms with E-state index in [-0.39, 0.29) is 98.9 Å². The summed E-state index contributed by atoms with van der Waals surface area (Å²) in [6.45, 7) is 5.16.